The van der Waals surface area contributed by atoms with Crippen LogP contribution in [-0.4, -0.2) is 5.91 Å². The predicted octanol–water partition coefficient (Wildman–Crippen LogP) is 4.94. The van der Waals surface area contributed by atoms with E-state index in [2.05, 4.69) is 72.0 Å². The molecule has 1 aliphatic carbocycles. The van der Waals surface area contributed by atoms with E-state index in [0.29, 0.717) is 5.92 Å². The van der Waals surface area contributed by atoms with E-state index in [4.69, 9.17) is 0 Å². The fraction of sp³-hybridized carbons (Fsp3) is 0.227. The summed E-state index contributed by atoms with van der Waals surface area (Å²) in [5.41, 5.74) is 3.97. The number of hydrogen-bond acceptors (Lipinski definition) is 1. The summed E-state index contributed by atoms with van der Waals surface area (Å²) in [7, 11) is 0. The summed E-state index contributed by atoms with van der Waals surface area (Å²) in [4.78, 5) is 11.5. The highest BCUT2D eigenvalue weighted by Gasteiger charge is 2.28. The average Bonchev–Trinajstić information content (AvgIpc) is 2.61. The third-order valence-corrected chi connectivity index (χ3v) is 5.04. The van der Waals surface area contributed by atoms with Gasteiger partial charge >= 0.3 is 0 Å². The molecule has 0 fully saturated rings. The second-order valence-corrected chi connectivity index (χ2v) is 6.62. The van der Waals surface area contributed by atoms with Crippen LogP contribution in [0.15, 0.2) is 66.7 Å². The smallest absolute Gasteiger partial charge is 0.217 e. The summed E-state index contributed by atoms with van der Waals surface area (Å²) < 4.78 is 0. The van der Waals surface area contributed by atoms with Gasteiger partial charge in [-0.1, -0.05) is 66.7 Å². The molecular formula is C22H21NO. The Kier molecular flexibility index (Phi) is 3.81. The lowest BCUT2D eigenvalue weighted by molar-refractivity contribution is -0.119. The molecule has 0 saturated carbocycles. The Hall–Kier alpha value is -2.61. The Bertz CT molecular complexity index is 899. The van der Waals surface area contributed by atoms with Crippen LogP contribution in [0, 0.1) is 0 Å². The Balaban J connectivity index is 1.76. The van der Waals surface area contributed by atoms with E-state index in [9.17, 15) is 4.79 Å². The van der Waals surface area contributed by atoms with Crippen LogP contribution >= 0.6 is 0 Å². The summed E-state index contributed by atoms with van der Waals surface area (Å²) in [6.45, 7) is 1.60. The minimum Gasteiger partial charge on any atom is -0.350 e. The van der Waals surface area contributed by atoms with E-state index in [0.717, 1.165) is 12.8 Å². The van der Waals surface area contributed by atoms with Crippen LogP contribution in [0.3, 0.4) is 0 Å². The molecule has 0 aromatic heterocycles. The molecule has 2 heteroatoms. The van der Waals surface area contributed by atoms with Crippen LogP contribution in [-0.2, 0) is 4.79 Å². The molecule has 4 rings (SSSR count). The zero-order chi connectivity index (χ0) is 16.5. The first-order valence-corrected chi connectivity index (χ1v) is 8.57. The number of amides is 1. The van der Waals surface area contributed by atoms with Gasteiger partial charge in [0.1, 0.15) is 0 Å². The maximum atomic E-state index is 11.5. The highest BCUT2D eigenvalue weighted by atomic mass is 16.1. The topological polar surface area (TPSA) is 29.1 Å². The van der Waals surface area contributed by atoms with Crippen LogP contribution in [0.2, 0.25) is 0 Å². The molecule has 0 bridgehead atoms. The zero-order valence-corrected chi connectivity index (χ0v) is 13.8. The molecule has 1 amide bonds. The van der Waals surface area contributed by atoms with Gasteiger partial charge in [-0.15, -0.1) is 0 Å². The van der Waals surface area contributed by atoms with Crippen molar-refractivity contribution >= 4 is 16.7 Å². The minimum atomic E-state index is 0.0407. The van der Waals surface area contributed by atoms with Crippen LogP contribution in [0.25, 0.3) is 10.8 Å². The summed E-state index contributed by atoms with van der Waals surface area (Å²) in [5.74, 6) is 0.440. The van der Waals surface area contributed by atoms with Gasteiger partial charge in [-0.25, -0.2) is 0 Å². The maximum Gasteiger partial charge on any atom is 0.217 e. The summed E-state index contributed by atoms with van der Waals surface area (Å²) >= 11 is 0. The van der Waals surface area contributed by atoms with Crippen LogP contribution in [0.1, 0.15) is 48.4 Å². The van der Waals surface area contributed by atoms with Crippen molar-refractivity contribution in [3.8, 4) is 0 Å². The SMILES string of the molecule is CC(=O)N[C@@H]1CCC(c2ccc3ccccc3c2)c2ccccc21. The summed E-state index contributed by atoms with van der Waals surface area (Å²) in [6.07, 6.45) is 2.04. The molecule has 1 aliphatic rings. The molecule has 0 spiro atoms. The molecule has 1 N–H and O–H groups in total. The lowest BCUT2D eigenvalue weighted by Gasteiger charge is -2.32. The first kappa shape index (κ1) is 14.9. The van der Waals surface area contributed by atoms with Crippen molar-refractivity contribution in [3.63, 3.8) is 0 Å². The molecule has 0 saturated heterocycles. The second kappa shape index (κ2) is 6.12. The van der Waals surface area contributed by atoms with Gasteiger partial charge in [-0.05, 0) is 40.3 Å². The quantitative estimate of drug-likeness (QED) is 0.713. The van der Waals surface area contributed by atoms with Crippen molar-refractivity contribution in [2.45, 2.75) is 31.7 Å². The van der Waals surface area contributed by atoms with E-state index < -0.39 is 0 Å². The van der Waals surface area contributed by atoms with Crippen molar-refractivity contribution in [2.75, 3.05) is 0 Å². The molecule has 120 valence electrons. The van der Waals surface area contributed by atoms with Crippen molar-refractivity contribution in [2.24, 2.45) is 0 Å². The summed E-state index contributed by atoms with van der Waals surface area (Å²) in [6, 6.07) is 23.9. The van der Waals surface area contributed by atoms with Gasteiger partial charge in [0.2, 0.25) is 5.91 Å². The average molecular weight is 315 g/mol. The Labute approximate surface area is 142 Å². The number of carbonyl (C=O) groups is 1. The second-order valence-electron chi connectivity index (χ2n) is 6.62. The van der Waals surface area contributed by atoms with Crippen LogP contribution in [0.4, 0.5) is 0 Å². The molecule has 0 aliphatic heterocycles. The Morgan fingerprint density at radius 3 is 2.38 bits per heavy atom. The van der Waals surface area contributed by atoms with Crippen molar-refractivity contribution in [1.29, 1.82) is 0 Å². The predicted molar refractivity (Wildman–Crippen MR) is 98.0 cm³/mol. The molecule has 2 atom stereocenters. The van der Waals surface area contributed by atoms with Gasteiger partial charge in [0.25, 0.3) is 0 Å². The molecule has 2 nitrogen and oxygen atoms in total. The normalized spacial score (nSPS) is 19.7. The highest BCUT2D eigenvalue weighted by Crippen LogP contribution is 2.41. The van der Waals surface area contributed by atoms with Crippen molar-refractivity contribution in [1.82, 2.24) is 5.32 Å². The maximum absolute atomic E-state index is 11.5. The third kappa shape index (κ3) is 2.69. The Morgan fingerprint density at radius 2 is 1.58 bits per heavy atom. The van der Waals surface area contributed by atoms with Gasteiger partial charge in [0.15, 0.2) is 0 Å². The monoisotopic (exact) mass is 315 g/mol. The van der Waals surface area contributed by atoms with E-state index >= 15 is 0 Å². The van der Waals surface area contributed by atoms with Gasteiger partial charge in [0.05, 0.1) is 6.04 Å². The number of fused-ring (bicyclic) bond motifs is 2. The van der Waals surface area contributed by atoms with Crippen LogP contribution in [0.5, 0.6) is 0 Å². The summed E-state index contributed by atoms with van der Waals surface area (Å²) in [5, 5.41) is 5.67. The van der Waals surface area contributed by atoms with E-state index in [-0.39, 0.29) is 11.9 Å². The van der Waals surface area contributed by atoms with E-state index in [1.807, 2.05) is 0 Å². The lowest BCUT2D eigenvalue weighted by atomic mass is 9.76. The fourth-order valence-corrected chi connectivity index (χ4v) is 3.96. The minimum absolute atomic E-state index is 0.0407. The standard InChI is InChI=1S/C22H21NO/c1-15(24)23-22-13-12-19(20-8-4-5-9-21(20)22)18-11-10-16-6-2-3-7-17(16)14-18/h2-11,14,19,22H,12-13H2,1H3,(H,23,24)/t19?,22-/m1/s1. The van der Waals surface area contributed by atoms with E-state index in [1.54, 1.807) is 6.92 Å². The largest absolute Gasteiger partial charge is 0.350 e. The van der Waals surface area contributed by atoms with Gasteiger partial charge in [-0.3, -0.25) is 4.79 Å². The number of nitrogens with one attached hydrogen (secondary N) is 1. The highest BCUT2D eigenvalue weighted by molar-refractivity contribution is 5.83. The van der Waals surface area contributed by atoms with Gasteiger partial charge in [-0.2, -0.15) is 0 Å². The third-order valence-electron chi connectivity index (χ3n) is 5.04. The molecular weight excluding hydrogens is 294 g/mol. The molecule has 1 unspecified atom stereocenters. The lowest BCUT2D eigenvalue weighted by Crippen LogP contribution is -2.30. The zero-order valence-electron chi connectivity index (χ0n) is 13.8. The van der Waals surface area contributed by atoms with Crippen molar-refractivity contribution in [3.05, 3.63) is 83.4 Å². The van der Waals surface area contributed by atoms with Crippen molar-refractivity contribution < 1.29 is 4.79 Å². The van der Waals surface area contributed by atoms with Gasteiger partial charge < -0.3 is 5.32 Å². The first-order valence-electron chi connectivity index (χ1n) is 8.57. The number of benzene rings is 3. The molecule has 24 heavy (non-hydrogen) atoms. The number of rotatable bonds is 2. The van der Waals surface area contributed by atoms with E-state index in [1.165, 1.54) is 27.5 Å². The molecule has 3 aromatic rings. The molecule has 0 heterocycles. The molecule has 3 aromatic carbocycles. The number of carbonyl (C=O) groups excluding carboxylic acids is 1. The molecule has 0 radical (unpaired) electrons. The van der Waals surface area contributed by atoms with Gasteiger partial charge in [0, 0.05) is 12.8 Å². The van der Waals surface area contributed by atoms with Crippen LogP contribution < -0.4 is 5.32 Å². The Morgan fingerprint density at radius 1 is 0.875 bits per heavy atom. The fourth-order valence-electron chi connectivity index (χ4n) is 3.96. The first-order chi connectivity index (χ1) is 11.7. The number of hydrogen-bond donors (Lipinski definition) is 1.